The van der Waals surface area contributed by atoms with Crippen LogP contribution in [0.3, 0.4) is 0 Å². The number of carbonyl (C=O) groups excluding carboxylic acids is 1. The van der Waals surface area contributed by atoms with Crippen molar-refractivity contribution in [3.8, 4) is 0 Å². The Morgan fingerprint density at radius 3 is 3.00 bits per heavy atom. The maximum absolute atomic E-state index is 13.9. The second-order valence-corrected chi connectivity index (χ2v) is 6.60. The van der Waals surface area contributed by atoms with E-state index >= 15 is 0 Å². The first-order valence-electron chi connectivity index (χ1n) is 7.51. The SMILES string of the molecule is CCC(SC)C(=O)N(C)C[C@@H]1C[C@H](F)CN1c1ccncn1. The molecular weight excluding hydrogens is 303 g/mol. The number of halogens is 1. The molecule has 0 saturated carbocycles. The summed E-state index contributed by atoms with van der Waals surface area (Å²) in [5, 5.41) is -0.0277. The highest BCUT2D eigenvalue weighted by Crippen LogP contribution is 2.26. The van der Waals surface area contributed by atoms with Crippen LogP contribution in [-0.4, -0.2) is 64.6 Å². The van der Waals surface area contributed by atoms with Crippen molar-refractivity contribution < 1.29 is 9.18 Å². The van der Waals surface area contributed by atoms with Crippen molar-refractivity contribution in [1.29, 1.82) is 0 Å². The minimum absolute atomic E-state index is 0.0277. The Morgan fingerprint density at radius 2 is 2.41 bits per heavy atom. The van der Waals surface area contributed by atoms with Gasteiger partial charge in [0.05, 0.1) is 17.8 Å². The van der Waals surface area contributed by atoms with Crippen molar-refractivity contribution in [3.63, 3.8) is 0 Å². The van der Waals surface area contributed by atoms with Gasteiger partial charge in [0.25, 0.3) is 0 Å². The van der Waals surface area contributed by atoms with E-state index in [1.807, 2.05) is 18.1 Å². The zero-order chi connectivity index (χ0) is 16.1. The second-order valence-electron chi connectivity index (χ2n) is 5.56. The Bertz CT molecular complexity index is 486. The van der Waals surface area contributed by atoms with Gasteiger partial charge in [0.1, 0.15) is 18.3 Å². The fraction of sp³-hybridized carbons (Fsp3) is 0.667. The number of amides is 1. The van der Waals surface area contributed by atoms with Gasteiger partial charge < -0.3 is 9.80 Å². The Balaban J connectivity index is 2.05. The van der Waals surface area contributed by atoms with Gasteiger partial charge in [0.2, 0.25) is 5.91 Å². The molecule has 1 saturated heterocycles. The summed E-state index contributed by atoms with van der Waals surface area (Å²) in [6.45, 7) is 2.84. The molecule has 2 rings (SSSR count). The molecule has 1 aliphatic rings. The maximum atomic E-state index is 13.9. The molecule has 5 nitrogen and oxygen atoms in total. The molecule has 1 fully saturated rings. The lowest BCUT2D eigenvalue weighted by Gasteiger charge is -2.30. The van der Waals surface area contributed by atoms with E-state index in [-0.39, 0.29) is 17.2 Å². The predicted molar refractivity (Wildman–Crippen MR) is 87.9 cm³/mol. The number of hydrogen-bond acceptors (Lipinski definition) is 5. The summed E-state index contributed by atoms with van der Waals surface area (Å²) in [5.74, 6) is 0.831. The van der Waals surface area contributed by atoms with Crippen molar-refractivity contribution in [3.05, 3.63) is 18.6 Å². The van der Waals surface area contributed by atoms with E-state index in [0.717, 1.165) is 12.2 Å². The summed E-state index contributed by atoms with van der Waals surface area (Å²) < 4.78 is 13.9. The second kappa shape index (κ2) is 7.76. The van der Waals surface area contributed by atoms with Crippen LogP contribution in [0, 0.1) is 0 Å². The van der Waals surface area contributed by atoms with Gasteiger partial charge in [0.15, 0.2) is 0 Å². The number of hydrogen-bond donors (Lipinski definition) is 0. The molecule has 1 aliphatic heterocycles. The number of rotatable bonds is 6. The molecule has 0 N–H and O–H groups in total. The predicted octanol–water partition coefficient (Wildman–Crippen LogP) is 1.99. The lowest BCUT2D eigenvalue weighted by molar-refractivity contribution is -0.129. The lowest BCUT2D eigenvalue weighted by atomic mass is 10.2. The molecule has 0 bridgehead atoms. The fourth-order valence-corrected chi connectivity index (χ4v) is 3.58. The highest BCUT2D eigenvalue weighted by Gasteiger charge is 2.35. The molecule has 0 aromatic carbocycles. The van der Waals surface area contributed by atoms with Gasteiger partial charge in [-0.15, -0.1) is 0 Å². The number of likely N-dealkylation sites (N-methyl/N-ethyl adjacent to an activating group) is 1. The fourth-order valence-electron chi connectivity index (χ4n) is 2.86. The summed E-state index contributed by atoms with van der Waals surface area (Å²) in [6.07, 6.45) is 5.41. The lowest BCUT2D eigenvalue weighted by Crippen LogP contribution is -2.44. The van der Waals surface area contributed by atoms with Crippen LogP contribution >= 0.6 is 11.8 Å². The van der Waals surface area contributed by atoms with Gasteiger partial charge in [-0.05, 0) is 18.7 Å². The first-order valence-corrected chi connectivity index (χ1v) is 8.80. The number of thioether (sulfide) groups is 1. The van der Waals surface area contributed by atoms with Crippen LogP contribution in [-0.2, 0) is 4.79 Å². The largest absolute Gasteiger partial charge is 0.349 e. The van der Waals surface area contributed by atoms with Gasteiger partial charge in [-0.2, -0.15) is 11.8 Å². The van der Waals surface area contributed by atoms with Crippen LogP contribution in [0.1, 0.15) is 19.8 Å². The Hall–Kier alpha value is -1.37. The van der Waals surface area contributed by atoms with Crippen LogP contribution in [0.2, 0.25) is 0 Å². The van der Waals surface area contributed by atoms with E-state index in [2.05, 4.69) is 9.97 Å². The highest BCUT2D eigenvalue weighted by atomic mass is 32.2. The molecule has 2 heterocycles. The van der Waals surface area contributed by atoms with E-state index < -0.39 is 6.17 Å². The third-order valence-corrected chi connectivity index (χ3v) is 5.12. The zero-order valence-electron chi connectivity index (χ0n) is 13.3. The standard InChI is InChI=1S/C15H23FN4OS/c1-4-13(22-3)15(21)19(2)9-12-7-11(16)8-20(12)14-5-6-17-10-18-14/h5-6,10-13H,4,7-9H2,1-3H3/t11-,12-,13?/m0/s1. The average molecular weight is 326 g/mol. The van der Waals surface area contributed by atoms with Crippen molar-refractivity contribution >= 4 is 23.5 Å². The normalized spacial score (nSPS) is 22.6. The van der Waals surface area contributed by atoms with E-state index in [1.54, 1.807) is 36.0 Å². The van der Waals surface area contributed by atoms with Gasteiger partial charge in [-0.1, -0.05) is 6.92 Å². The molecule has 0 spiro atoms. The minimum Gasteiger partial charge on any atom is -0.349 e. The molecule has 1 amide bonds. The quantitative estimate of drug-likeness (QED) is 0.800. The summed E-state index contributed by atoms with van der Waals surface area (Å²) in [4.78, 5) is 24.2. The molecule has 1 aromatic heterocycles. The first-order chi connectivity index (χ1) is 10.6. The number of nitrogens with zero attached hydrogens (tertiary/aromatic N) is 4. The third-order valence-electron chi connectivity index (χ3n) is 4.02. The van der Waals surface area contributed by atoms with Crippen LogP contribution in [0.15, 0.2) is 18.6 Å². The average Bonchev–Trinajstić information content (AvgIpc) is 2.89. The maximum Gasteiger partial charge on any atom is 0.235 e. The van der Waals surface area contributed by atoms with E-state index in [4.69, 9.17) is 0 Å². The van der Waals surface area contributed by atoms with Gasteiger partial charge in [0, 0.05) is 26.2 Å². The van der Waals surface area contributed by atoms with Crippen molar-refractivity contribution in [2.24, 2.45) is 0 Å². The molecular formula is C15H23FN4OS. The molecule has 122 valence electrons. The van der Waals surface area contributed by atoms with Gasteiger partial charge in [-0.3, -0.25) is 4.79 Å². The smallest absolute Gasteiger partial charge is 0.235 e. The molecule has 1 unspecified atom stereocenters. The molecule has 0 aliphatic carbocycles. The number of carbonyl (C=O) groups is 1. The molecule has 22 heavy (non-hydrogen) atoms. The van der Waals surface area contributed by atoms with Gasteiger partial charge in [-0.25, -0.2) is 14.4 Å². The Morgan fingerprint density at radius 1 is 1.64 bits per heavy atom. The van der Waals surface area contributed by atoms with E-state index in [9.17, 15) is 9.18 Å². The van der Waals surface area contributed by atoms with Crippen LogP contribution in [0.4, 0.5) is 10.2 Å². The van der Waals surface area contributed by atoms with Crippen molar-refractivity contribution in [1.82, 2.24) is 14.9 Å². The van der Waals surface area contributed by atoms with Crippen molar-refractivity contribution in [2.75, 3.05) is 31.3 Å². The molecule has 0 radical (unpaired) electrons. The minimum atomic E-state index is -0.883. The molecule has 3 atom stereocenters. The third kappa shape index (κ3) is 3.88. The number of aromatic nitrogens is 2. The topological polar surface area (TPSA) is 49.3 Å². The van der Waals surface area contributed by atoms with E-state index in [1.165, 1.54) is 6.33 Å². The summed E-state index contributed by atoms with van der Waals surface area (Å²) in [5.41, 5.74) is 0. The zero-order valence-corrected chi connectivity index (χ0v) is 14.1. The Kier molecular flexibility index (Phi) is 5.99. The number of anilines is 1. The number of alkyl halides is 1. The molecule has 1 aromatic rings. The van der Waals surface area contributed by atoms with Crippen molar-refractivity contribution in [2.45, 2.75) is 37.2 Å². The van der Waals surface area contributed by atoms with Gasteiger partial charge >= 0.3 is 0 Å². The van der Waals surface area contributed by atoms with E-state index in [0.29, 0.717) is 19.5 Å². The summed E-state index contributed by atoms with van der Waals surface area (Å²) in [7, 11) is 1.80. The van der Waals surface area contributed by atoms with Crippen LogP contribution < -0.4 is 4.90 Å². The highest BCUT2D eigenvalue weighted by molar-refractivity contribution is 7.99. The van der Waals surface area contributed by atoms with Crippen LogP contribution in [0.25, 0.3) is 0 Å². The summed E-state index contributed by atoms with van der Waals surface area (Å²) >= 11 is 1.56. The Labute approximate surface area is 135 Å². The first kappa shape index (κ1) is 17.0. The monoisotopic (exact) mass is 326 g/mol. The molecule has 7 heteroatoms. The summed E-state index contributed by atoms with van der Waals surface area (Å²) in [6, 6.07) is 1.74. The van der Waals surface area contributed by atoms with Crippen LogP contribution in [0.5, 0.6) is 0 Å².